The highest BCUT2D eigenvalue weighted by Crippen LogP contribution is 2.44. The van der Waals surface area contributed by atoms with Gasteiger partial charge in [-0.15, -0.1) is 5.06 Å². The Morgan fingerprint density at radius 1 is 0.453 bits per heavy atom. The molecule has 7 atom stereocenters. The molecule has 0 unspecified atom stereocenters. The first-order chi connectivity index (χ1) is 60.9. The van der Waals surface area contributed by atoms with Crippen LogP contribution < -0.4 is 37.4 Å². The number of nitrogens with zero attached hydrogens (tertiary/aromatic N) is 1. The number of aryl methyl sites for hydroxylation is 1. The van der Waals surface area contributed by atoms with Crippen molar-refractivity contribution < 1.29 is 107 Å². The molecule has 0 aromatic heterocycles. The summed E-state index contributed by atoms with van der Waals surface area (Å²) in [7, 11) is 0. The Morgan fingerprint density at radius 3 is 1.38 bits per heavy atom. The summed E-state index contributed by atoms with van der Waals surface area (Å²) in [6, 6.07) is 50.9. The van der Waals surface area contributed by atoms with E-state index in [0.29, 0.717) is 80.9 Å². The van der Waals surface area contributed by atoms with Crippen LogP contribution in [0.15, 0.2) is 225 Å². The zero-order chi connectivity index (χ0) is 92.4. The van der Waals surface area contributed by atoms with Crippen molar-refractivity contribution in [3.63, 3.8) is 0 Å². The first-order valence-corrected chi connectivity index (χ1v) is 41.7. The third-order valence-corrected chi connectivity index (χ3v) is 21.3. The topological polar surface area (TPSA) is 453 Å². The highest BCUT2D eigenvalue weighted by Gasteiger charge is 2.51. The van der Waals surface area contributed by atoms with Gasteiger partial charge in [-0.25, -0.2) is 19.2 Å². The molecule has 7 aromatic carbocycles. The number of fused-ring (bicyclic) bond motifs is 4. The number of alkyl carbamates (subject to hydrolysis) is 1. The van der Waals surface area contributed by atoms with E-state index >= 15 is 0 Å². The molecule has 3 fully saturated rings. The number of epoxide rings is 2. The highest BCUT2D eigenvalue weighted by molar-refractivity contribution is 6.11. The summed E-state index contributed by atoms with van der Waals surface area (Å²) in [6.45, 7) is 17.1. The third kappa shape index (κ3) is 24.7. The van der Waals surface area contributed by atoms with Crippen molar-refractivity contribution in [3.8, 4) is 56.4 Å². The molecule has 0 saturated carbocycles. The zero-order valence-electron chi connectivity index (χ0n) is 71.9. The van der Waals surface area contributed by atoms with Gasteiger partial charge in [0.2, 0.25) is 17.7 Å². The summed E-state index contributed by atoms with van der Waals surface area (Å²) in [4.78, 5) is 180. The summed E-state index contributed by atoms with van der Waals surface area (Å²) >= 11 is 0. The van der Waals surface area contributed by atoms with Crippen LogP contribution in [0.4, 0.5) is 4.79 Å². The number of hydrogen-bond donors (Lipinski definition) is 9. The fraction of sp³-hybridized carbons (Fsp3) is 0.306. The number of Topliss-reactive ketones (excluding diaryl/α,β-unsaturated/α-hetero) is 2. The van der Waals surface area contributed by atoms with Crippen LogP contribution in [0.1, 0.15) is 150 Å². The summed E-state index contributed by atoms with van der Waals surface area (Å²) in [5, 5.41) is 55.7. The Bertz CT molecular complexity index is 6010. The van der Waals surface area contributed by atoms with E-state index in [9.17, 15) is 87.5 Å². The van der Waals surface area contributed by atoms with Gasteiger partial charge in [0, 0.05) is 90.5 Å². The van der Waals surface area contributed by atoms with E-state index < -0.39 is 101 Å². The van der Waals surface area contributed by atoms with Crippen LogP contribution in [0.5, 0.6) is 11.5 Å². The lowest BCUT2D eigenvalue weighted by Gasteiger charge is -2.28. The standard InChI is InChI=1S/C55H58N4O11.C20H12O5.C17H23NO4.C6H7NO4.H2/c1-31(2)24-43(49(62)55(5)30-69-55)57-53(66)45(26-34-14-10-7-11-15-34)59-52(65)44(25-32(3)4)58-51(64)42(23-16-33-12-8-6-9-13-33)56-50(63)35-17-20-38(54(67)68)41(27-35)48-39-21-18-36(60)28-46(39)70-47-29-37(61)19-22-40(47)48;21-11-5-7-15-17(9-11)25-18-10-12(22)6-8-16(18)19(15)13-3-1-2-4-14(13)20(23)24;1-12(2)9-14(15(19)17(3)11-22-17)18-16(20)21-10-13-7-5-4-6-8-13;1-4(8)11-7-5(9)2-3-6(7)10;/h6-15,17-22,27-29,31-32,42-45,60H,16,23-26,30H2,1-5H3,(H,56,63)(H,57,66)(H,58,64)(H,59,65)(H,67,68);1-10,21H,(H,23,24);4-8,12,14H,9-11H2,1-3H3,(H,18,20);2-3H2,1H3;1H/t42-,43-,44-,45-,55+;;14-,17+;;/m0.0../s1/i;;;;1+1. The molecule has 14 rings (SSSR count). The minimum Gasteiger partial charge on any atom is -0.508 e. The monoisotopic (exact) mass is 1750 g/mol. The lowest BCUT2D eigenvalue weighted by Crippen LogP contribution is -2.59. The zero-order valence-corrected chi connectivity index (χ0v) is 71.9. The van der Waals surface area contributed by atoms with Crippen molar-refractivity contribution in [2.24, 2.45) is 17.8 Å². The summed E-state index contributed by atoms with van der Waals surface area (Å²) in [5.41, 5.74) is 3.34. The number of imide groups is 1. The first-order valence-electron chi connectivity index (χ1n) is 41.7. The van der Waals surface area contributed by atoms with Crippen LogP contribution in [0, 0.1) is 17.8 Å². The number of rotatable bonds is 31. The normalized spacial score (nSPS) is 16.0. The van der Waals surface area contributed by atoms with Crippen LogP contribution in [0.3, 0.4) is 0 Å². The Hall–Kier alpha value is -14.5. The predicted octanol–water partition coefficient (Wildman–Crippen LogP) is 13.4. The average molecular weight is 1750 g/mol. The number of phenolic OH excluding ortho intramolecular Hbond substituents is 2. The van der Waals surface area contributed by atoms with Crippen molar-refractivity contribution in [2.75, 3.05) is 13.2 Å². The molecule has 7 amide bonds. The molecular formula is C98H102N6O24. The highest BCUT2D eigenvalue weighted by atomic mass is 16.7. The van der Waals surface area contributed by atoms with E-state index in [1.54, 1.807) is 50.2 Å². The second-order valence-corrected chi connectivity index (χ2v) is 33.1. The number of amides is 7. The van der Waals surface area contributed by atoms with E-state index in [2.05, 4.69) is 31.4 Å². The third-order valence-electron chi connectivity index (χ3n) is 21.3. The maximum absolute atomic E-state index is 14.6. The number of aromatic hydroxyl groups is 2. The van der Waals surface area contributed by atoms with E-state index in [1.165, 1.54) is 78.9 Å². The molecule has 7 aliphatic rings. The summed E-state index contributed by atoms with van der Waals surface area (Å²) in [5.74, 6) is -6.29. The van der Waals surface area contributed by atoms with Gasteiger partial charge >= 0.3 is 24.0 Å². The summed E-state index contributed by atoms with van der Waals surface area (Å²) in [6.07, 6.45) is 1.31. The maximum atomic E-state index is 14.6. The minimum atomic E-state index is -1.30. The number of carbonyl (C=O) groups excluding carboxylic acids is 10. The number of ketones is 2. The molecule has 5 aliphatic heterocycles. The SMILES string of the molecule is CC(=O)ON1C(=O)CCC1=O.CC(C)C[C@H](NC(=O)OCc1ccccc1)C(=O)[C@@]1(C)CO1.CC(C)C[C@H](NC(=O)[C@H](CCc1ccccc1)NC(=O)c1ccc(C(=O)O)c(-c2c3ccc(=O)cc-3oc3cc(O)ccc23)c1)C(=O)N[C@@H](Cc1ccccc1)C(=O)N[C@@H](CC(C)C)C(=O)[C@@]1(C)CO1.O=C(O)c1ccccc1-c1c2ccc(=O)cc-2oc2cc(O)ccc12.[2HH]. The Morgan fingerprint density at radius 2 is 0.883 bits per heavy atom. The number of hydrogen-bond acceptors (Lipinski definition) is 22. The quantitative estimate of drug-likeness (QED) is 0.0111. The van der Waals surface area contributed by atoms with Gasteiger partial charge in [0.05, 0.1) is 36.4 Å². The molecule has 128 heavy (non-hydrogen) atoms. The number of ether oxygens (including phenoxy) is 3. The number of carboxylic acid groups (broad SMARTS) is 2. The molecule has 9 N–H and O–H groups in total. The molecule has 0 spiro atoms. The van der Waals surface area contributed by atoms with Gasteiger partial charge in [-0.05, 0) is 164 Å². The molecule has 3 saturated heterocycles. The molecular weight excluding hydrogens is 1650 g/mol. The van der Waals surface area contributed by atoms with Crippen LogP contribution in [0.2, 0.25) is 0 Å². The van der Waals surface area contributed by atoms with Gasteiger partial charge in [-0.3, -0.25) is 47.9 Å². The molecule has 668 valence electrons. The van der Waals surface area contributed by atoms with E-state index in [-0.39, 0.29) is 132 Å². The maximum Gasteiger partial charge on any atom is 0.408 e. The van der Waals surface area contributed by atoms with Crippen molar-refractivity contribution in [2.45, 2.75) is 162 Å². The number of benzene rings is 9. The molecule has 30 nitrogen and oxygen atoms in total. The Kier molecular flexibility index (Phi) is 30.9. The molecule has 0 bridgehead atoms. The van der Waals surface area contributed by atoms with Gasteiger partial charge in [-0.1, -0.05) is 151 Å². The fourth-order valence-electron chi connectivity index (χ4n) is 14.6. The molecule has 0 radical (unpaired) electrons. The number of carbonyl (C=O) groups is 12. The second kappa shape index (κ2) is 42.0. The Labute approximate surface area is 737 Å². The second-order valence-electron chi connectivity index (χ2n) is 33.1. The molecule has 30 heteroatoms. The lowest BCUT2D eigenvalue weighted by atomic mass is 9.89. The van der Waals surface area contributed by atoms with Gasteiger partial charge < -0.3 is 74.9 Å². The van der Waals surface area contributed by atoms with Gasteiger partial charge in [0.25, 0.3) is 17.7 Å². The van der Waals surface area contributed by atoms with Crippen LogP contribution in [-0.4, -0.2) is 151 Å². The van der Waals surface area contributed by atoms with Crippen LogP contribution in [0.25, 0.3) is 66.8 Å². The van der Waals surface area contributed by atoms with Crippen molar-refractivity contribution >= 4 is 92.9 Å². The van der Waals surface area contributed by atoms with E-state index in [0.717, 1.165) is 23.6 Å². The average Bonchev–Trinajstić information content (AvgIpc) is 1.63. The van der Waals surface area contributed by atoms with Crippen molar-refractivity contribution in [3.05, 3.63) is 260 Å². The number of phenols is 2. The van der Waals surface area contributed by atoms with E-state index in [1.807, 2.05) is 133 Å². The largest absolute Gasteiger partial charge is 0.508 e. The number of carboxylic acids is 2. The summed E-state index contributed by atoms with van der Waals surface area (Å²) < 4.78 is 27.5. The lowest BCUT2D eigenvalue weighted by molar-refractivity contribution is -0.195. The molecule has 5 heterocycles. The number of nitrogens with one attached hydrogen (secondary N) is 5. The number of aromatic carboxylic acids is 2. The smallest absolute Gasteiger partial charge is 0.408 e. The fourth-order valence-corrected chi connectivity index (χ4v) is 14.6. The molecule has 7 aromatic rings. The molecule has 2 aliphatic carbocycles. The van der Waals surface area contributed by atoms with Gasteiger partial charge in [-0.2, -0.15) is 0 Å². The van der Waals surface area contributed by atoms with Gasteiger partial charge in [0.15, 0.2) is 22.4 Å². The minimum absolute atomic E-state index is 0. The van der Waals surface area contributed by atoms with E-state index in [4.69, 9.17) is 23.0 Å². The van der Waals surface area contributed by atoms with Crippen LogP contribution >= 0.6 is 0 Å². The number of hydroxylamine groups is 2. The Balaban J connectivity index is 0.000000234. The first kappa shape index (κ1) is 94.2. The van der Waals surface area contributed by atoms with Gasteiger partial charge in [0.1, 0.15) is 70.1 Å². The van der Waals surface area contributed by atoms with Crippen molar-refractivity contribution in [1.82, 2.24) is 31.6 Å². The predicted molar refractivity (Wildman–Crippen MR) is 474 cm³/mol. The van der Waals surface area contributed by atoms with Crippen LogP contribution in [-0.2, 0) is 76.9 Å². The van der Waals surface area contributed by atoms with Crippen molar-refractivity contribution in [1.29, 1.82) is 0 Å².